The van der Waals surface area contributed by atoms with Gasteiger partial charge in [0.05, 0.1) is 12.5 Å². The highest BCUT2D eigenvalue weighted by Gasteiger charge is 2.20. The van der Waals surface area contributed by atoms with Crippen molar-refractivity contribution in [1.82, 2.24) is 14.9 Å². The first-order valence-electron chi connectivity index (χ1n) is 11.0. The number of aromatic amines is 1. The third-order valence-electron chi connectivity index (χ3n) is 6.25. The number of para-hydroxylation sites is 1. The molecule has 0 aliphatic carbocycles. The molecule has 1 unspecified atom stereocenters. The van der Waals surface area contributed by atoms with E-state index in [-0.39, 0.29) is 30.5 Å². The summed E-state index contributed by atoms with van der Waals surface area (Å²) >= 11 is 0. The molecule has 0 saturated heterocycles. The van der Waals surface area contributed by atoms with E-state index in [9.17, 15) is 9.59 Å². The van der Waals surface area contributed by atoms with Gasteiger partial charge < -0.3 is 14.9 Å². The van der Waals surface area contributed by atoms with Gasteiger partial charge in [0.25, 0.3) is 5.56 Å². The minimum Gasteiger partial charge on any atom is -0.352 e. The maximum atomic E-state index is 12.9. The number of hydrogen-bond donors (Lipinski definition) is 2. The Hall–Kier alpha value is -3.60. The van der Waals surface area contributed by atoms with Crippen molar-refractivity contribution in [2.24, 2.45) is 0 Å². The molecule has 5 heteroatoms. The predicted octanol–water partition coefficient (Wildman–Crippen LogP) is 4.72. The topological polar surface area (TPSA) is 66.9 Å². The van der Waals surface area contributed by atoms with Crippen molar-refractivity contribution >= 4 is 16.8 Å². The Morgan fingerprint density at radius 3 is 2.41 bits per heavy atom. The Balaban J connectivity index is 1.62. The number of aromatic nitrogens is 2. The number of nitrogens with zero attached hydrogens (tertiary/aromatic N) is 1. The normalized spacial score (nSPS) is 12.1. The van der Waals surface area contributed by atoms with Crippen LogP contribution in [0.3, 0.4) is 0 Å². The van der Waals surface area contributed by atoms with Crippen LogP contribution >= 0.6 is 0 Å². The van der Waals surface area contributed by atoms with Crippen LogP contribution in [-0.2, 0) is 17.8 Å². The van der Waals surface area contributed by atoms with Crippen molar-refractivity contribution in [1.29, 1.82) is 0 Å². The number of nitrogens with one attached hydrogen (secondary N) is 2. The summed E-state index contributed by atoms with van der Waals surface area (Å²) in [6.07, 6.45) is 0.268. The van der Waals surface area contributed by atoms with Crippen molar-refractivity contribution in [2.45, 2.75) is 46.7 Å². The van der Waals surface area contributed by atoms with Crippen molar-refractivity contribution in [3.05, 3.63) is 105 Å². The van der Waals surface area contributed by atoms with E-state index in [1.807, 2.05) is 38.1 Å². The molecule has 0 aliphatic rings. The third-order valence-corrected chi connectivity index (χ3v) is 6.25. The van der Waals surface area contributed by atoms with Gasteiger partial charge in [-0.1, -0.05) is 48.5 Å². The van der Waals surface area contributed by atoms with Crippen molar-refractivity contribution < 1.29 is 4.79 Å². The van der Waals surface area contributed by atoms with Gasteiger partial charge in [-0.3, -0.25) is 9.59 Å². The number of fused-ring (bicyclic) bond motifs is 1. The summed E-state index contributed by atoms with van der Waals surface area (Å²) in [5, 5.41) is 4.03. The highest BCUT2D eigenvalue weighted by molar-refractivity contribution is 5.91. The van der Waals surface area contributed by atoms with Gasteiger partial charge in [0.2, 0.25) is 5.91 Å². The summed E-state index contributed by atoms with van der Waals surface area (Å²) in [7, 11) is 0. The molecule has 0 fully saturated rings. The summed E-state index contributed by atoms with van der Waals surface area (Å²) < 4.78 is 2.31. The smallest absolute Gasteiger partial charge is 0.253 e. The first-order valence-corrected chi connectivity index (χ1v) is 11.0. The van der Waals surface area contributed by atoms with Crippen LogP contribution < -0.4 is 10.9 Å². The minimum atomic E-state index is -0.146. The van der Waals surface area contributed by atoms with E-state index in [0.717, 1.165) is 33.4 Å². The summed E-state index contributed by atoms with van der Waals surface area (Å²) in [6, 6.07) is 20.7. The molecule has 0 radical (unpaired) electrons. The molecule has 2 N–H and O–H groups in total. The van der Waals surface area contributed by atoms with Crippen LogP contribution in [0, 0.1) is 20.8 Å². The van der Waals surface area contributed by atoms with Gasteiger partial charge in [0.1, 0.15) is 0 Å². The SMILES string of the molecule is Cc1cc(C)c(CNC(=O)Cc2c(C)n(C(C)c3ccccc3)c3ccccc23)c(=O)[nH]1. The van der Waals surface area contributed by atoms with Gasteiger partial charge in [-0.25, -0.2) is 0 Å². The van der Waals surface area contributed by atoms with Crippen LogP contribution in [0.25, 0.3) is 10.9 Å². The quantitative estimate of drug-likeness (QED) is 0.467. The van der Waals surface area contributed by atoms with Crippen molar-refractivity contribution in [2.75, 3.05) is 0 Å². The number of hydrogen-bond acceptors (Lipinski definition) is 2. The Morgan fingerprint density at radius 1 is 1.00 bits per heavy atom. The van der Waals surface area contributed by atoms with Crippen molar-refractivity contribution in [3.63, 3.8) is 0 Å². The summed E-state index contributed by atoms with van der Waals surface area (Å²) in [6.45, 7) is 8.23. The Labute approximate surface area is 188 Å². The molecule has 1 amide bonds. The predicted molar refractivity (Wildman–Crippen MR) is 129 cm³/mol. The zero-order valence-electron chi connectivity index (χ0n) is 19.0. The highest BCUT2D eigenvalue weighted by atomic mass is 16.1. The standard InChI is InChI=1S/C27H29N3O2/c1-17-14-18(2)29-27(32)24(17)16-28-26(31)15-23-20(4)30(25-13-9-8-12-22(23)25)19(3)21-10-6-5-7-11-21/h5-14,19H,15-16H2,1-4H3,(H,28,31)(H,29,32). The lowest BCUT2D eigenvalue weighted by Crippen LogP contribution is -2.29. The summed E-state index contributed by atoms with van der Waals surface area (Å²) in [5.74, 6) is -0.0947. The van der Waals surface area contributed by atoms with Gasteiger partial charge >= 0.3 is 0 Å². The zero-order valence-corrected chi connectivity index (χ0v) is 19.0. The van der Waals surface area contributed by atoms with Crippen LogP contribution in [-0.4, -0.2) is 15.5 Å². The number of amides is 1. The highest BCUT2D eigenvalue weighted by Crippen LogP contribution is 2.32. The average Bonchev–Trinajstić information content (AvgIpc) is 3.04. The fourth-order valence-electron chi connectivity index (χ4n) is 4.57. The Bertz CT molecular complexity index is 1330. The maximum absolute atomic E-state index is 12.9. The summed E-state index contributed by atoms with van der Waals surface area (Å²) in [4.78, 5) is 28.0. The second-order valence-electron chi connectivity index (χ2n) is 8.43. The lowest BCUT2D eigenvalue weighted by molar-refractivity contribution is -0.120. The van der Waals surface area contributed by atoms with E-state index >= 15 is 0 Å². The second-order valence-corrected chi connectivity index (χ2v) is 8.43. The molecule has 0 saturated carbocycles. The van der Waals surface area contributed by atoms with Gasteiger partial charge in [-0.15, -0.1) is 0 Å². The molecule has 0 bridgehead atoms. The molecule has 164 valence electrons. The van der Waals surface area contributed by atoms with E-state index in [2.05, 4.69) is 65.1 Å². The number of aryl methyl sites for hydroxylation is 2. The molecule has 4 rings (SSSR count). The van der Waals surface area contributed by atoms with Crippen molar-refractivity contribution in [3.8, 4) is 0 Å². The van der Waals surface area contributed by atoms with E-state index in [1.54, 1.807) is 0 Å². The van der Waals surface area contributed by atoms with Crippen LogP contribution in [0.1, 0.15) is 46.6 Å². The maximum Gasteiger partial charge on any atom is 0.253 e. The van der Waals surface area contributed by atoms with Crippen LogP contribution in [0.4, 0.5) is 0 Å². The van der Waals surface area contributed by atoms with Gasteiger partial charge in [0.15, 0.2) is 0 Å². The fourth-order valence-corrected chi connectivity index (χ4v) is 4.57. The van der Waals surface area contributed by atoms with E-state index in [0.29, 0.717) is 5.56 Å². The van der Waals surface area contributed by atoms with Crippen LogP contribution in [0.2, 0.25) is 0 Å². The minimum absolute atomic E-state index is 0.0947. The molecular weight excluding hydrogens is 398 g/mol. The fraction of sp³-hybridized carbons (Fsp3) is 0.259. The number of carbonyl (C=O) groups excluding carboxylic acids is 1. The van der Waals surface area contributed by atoms with Crippen LogP contribution in [0.5, 0.6) is 0 Å². The molecule has 5 nitrogen and oxygen atoms in total. The van der Waals surface area contributed by atoms with Gasteiger partial charge in [0, 0.05) is 34.4 Å². The van der Waals surface area contributed by atoms with Gasteiger partial charge in [-0.2, -0.15) is 0 Å². The molecule has 2 aromatic heterocycles. The van der Waals surface area contributed by atoms with Crippen LogP contribution in [0.15, 0.2) is 65.5 Å². The second kappa shape index (κ2) is 8.87. The molecule has 2 aromatic carbocycles. The molecule has 0 spiro atoms. The van der Waals surface area contributed by atoms with E-state index in [4.69, 9.17) is 0 Å². The number of benzene rings is 2. The Morgan fingerprint density at radius 2 is 1.69 bits per heavy atom. The van der Waals surface area contributed by atoms with E-state index < -0.39 is 0 Å². The molecular formula is C27H29N3O2. The van der Waals surface area contributed by atoms with Gasteiger partial charge in [-0.05, 0) is 56.5 Å². The lowest BCUT2D eigenvalue weighted by Gasteiger charge is -2.18. The monoisotopic (exact) mass is 427 g/mol. The zero-order chi connectivity index (χ0) is 22.8. The number of carbonyl (C=O) groups is 1. The first kappa shape index (κ1) is 21.6. The van der Waals surface area contributed by atoms with E-state index in [1.165, 1.54) is 5.56 Å². The molecule has 0 aliphatic heterocycles. The largest absolute Gasteiger partial charge is 0.352 e. The summed E-state index contributed by atoms with van der Waals surface area (Å²) in [5.41, 5.74) is 6.61. The molecule has 1 atom stereocenters. The first-order chi connectivity index (χ1) is 15.4. The number of rotatable bonds is 6. The number of H-pyrrole nitrogens is 1. The number of pyridine rings is 1. The molecule has 32 heavy (non-hydrogen) atoms. The third kappa shape index (κ3) is 4.11. The Kier molecular flexibility index (Phi) is 5.99. The molecule has 4 aromatic rings. The molecule has 2 heterocycles. The average molecular weight is 428 g/mol. The lowest BCUT2D eigenvalue weighted by atomic mass is 10.1.